The number of ether oxygens (including phenoxy) is 1. The van der Waals surface area contributed by atoms with Crippen molar-refractivity contribution in [1.29, 1.82) is 0 Å². The van der Waals surface area contributed by atoms with E-state index in [0.29, 0.717) is 0 Å². The Morgan fingerprint density at radius 1 is 1.80 bits per heavy atom. The summed E-state index contributed by atoms with van der Waals surface area (Å²) in [5.41, 5.74) is 0. The molecule has 0 unspecified atom stereocenters. The van der Waals surface area contributed by atoms with E-state index < -0.39 is 0 Å². The lowest BCUT2D eigenvalue weighted by Gasteiger charge is -1.92. The first-order valence-corrected chi connectivity index (χ1v) is 3.89. The SMILES string of the molecule is COCCSc1nc[nH]n1. The Morgan fingerprint density at radius 2 is 2.70 bits per heavy atom. The normalized spacial score (nSPS) is 10.1. The number of H-pyrrole nitrogens is 1. The second kappa shape index (κ2) is 4.29. The van der Waals surface area contributed by atoms with Crippen LogP contribution >= 0.6 is 11.8 Å². The van der Waals surface area contributed by atoms with Gasteiger partial charge in [0.1, 0.15) is 6.33 Å². The monoisotopic (exact) mass is 159 g/mol. The minimum absolute atomic E-state index is 0.735. The molecule has 56 valence electrons. The van der Waals surface area contributed by atoms with Crippen LogP contribution in [0.2, 0.25) is 0 Å². The van der Waals surface area contributed by atoms with Crippen molar-refractivity contribution >= 4 is 11.8 Å². The molecule has 4 nitrogen and oxygen atoms in total. The van der Waals surface area contributed by atoms with Crippen LogP contribution in [0.3, 0.4) is 0 Å². The predicted octanol–water partition coefficient (Wildman–Crippen LogP) is 0.543. The lowest BCUT2D eigenvalue weighted by atomic mass is 10.9. The van der Waals surface area contributed by atoms with Gasteiger partial charge in [-0.1, -0.05) is 11.8 Å². The van der Waals surface area contributed by atoms with Crippen LogP contribution in [0.5, 0.6) is 0 Å². The lowest BCUT2D eigenvalue weighted by Crippen LogP contribution is -1.91. The third kappa shape index (κ3) is 2.36. The van der Waals surface area contributed by atoms with E-state index in [1.807, 2.05) is 0 Å². The summed E-state index contributed by atoms with van der Waals surface area (Å²) in [7, 11) is 1.68. The quantitative estimate of drug-likeness (QED) is 0.514. The van der Waals surface area contributed by atoms with Gasteiger partial charge in [0.25, 0.3) is 0 Å². The number of thioether (sulfide) groups is 1. The number of hydrogen-bond acceptors (Lipinski definition) is 4. The van der Waals surface area contributed by atoms with E-state index in [0.717, 1.165) is 17.5 Å². The van der Waals surface area contributed by atoms with Crippen LogP contribution in [0.1, 0.15) is 0 Å². The number of nitrogens with one attached hydrogen (secondary N) is 1. The van der Waals surface area contributed by atoms with E-state index >= 15 is 0 Å². The van der Waals surface area contributed by atoms with Crippen molar-refractivity contribution in [2.75, 3.05) is 19.5 Å². The molecule has 0 aliphatic rings. The van der Waals surface area contributed by atoms with Gasteiger partial charge in [-0.25, -0.2) is 4.98 Å². The van der Waals surface area contributed by atoms with Crippen LogP contribution in [-0.2, 0) is 4.74 Å². The predicted molar refractivity (Wildman–Crippen MR) is 39.0 cm³/mol. The number of aromatic nitrogens is 3. The fourth-order valence-corrected chi connectivity index (χ4v) is 1.16. The van der Waals surface area contributed by atoms with Crippen molar-refractivity contribution in [3.8, 4) is 0 Å². The number of nitrogens with zero attached hydrogens (tertiary/aromatic N) is 2. The number of aromatic amines is 1. The Hall–Kier alpha value is -0.550. The highest BCUT2D eigenvalue weighted by Gasteiger charge is 1.94. The number of rotatable bonds is 4. The van der Waals surface area contributed by atoms with Gasteiger partial charge in [-0.2, -0.15) is 0 Å². The van der Waals surface area contributed by atoms with Crippen LogP contribution in [0, 0.1) is 0 Å². The Kier molecular flexibility index (Phi) is 3.25. The topological polar surface area (TPSA) is 50.8 Å². The van der Waals surface area contributed by atoms with E-state index in [1.165, 1.54) is 0 Å². The highest BCUT2D eigenvalue weighted by molar-refractivity contribution is 7.99. The molecule has 0 saturated heterocycles. The third-order valence-corrected chi connectivity index (χ3v) is 1.74. The molecular formula is C5H9N3OS. The number of hydrogen-bond donors (Lipinski definition) is 1. The molecule has 1 aromatic heterocycles. The van der Waals surface area contributed by atoms with Gasteiger partial charge in [0, 0.05) is 12.9 Å². The molecule has 0 fully saturated rings. The van der Waals surface area contributed by atoms with Gasteiger partial charge in [-0.15, -0.1) is 5.10 Å². The molecule has 5 heteroatoms. The van der Waals surface area contributed by atoms with Gasteiger partial charge in [-0.3, -0.25) is 5.10 Å². The van der Waals surface area contributed by atoms with Crippen LogP contribution in [-0.4, -0.2) is 34.7 Å². The standard InChI is InChI=1S/C5H9N3OS/c1-9-2-3-10-5-6-4-7-8-5/h4H,2-3H2,1H3,(H,6,7,8). The maximum absolute atomic E-state index is 4.85. The molecule has 0 aromatic carbocycles. The van der Waals surface area contributed by atoms with Gasteiger partial charge in [0.05, 0.1) is 6.61 Å². The average Bonchev–Trinajstić information content (AvgIpc) is 2.41. The van der Waals surface area contributed by atoms with Crippen molar-refractivity contribution in [3.63, 3.8) is 0 Å². The Balaban J connectivity index is 2.15. The van der Waals surface area contributed by atoms with E-state index in [2.05, 4.69) is 15.2 Å². The molecule has 0 aliphatic heterocycles. The molecule has 1 N–H and O–H groups in total. The first kappa shape index (κ1) is 7.56. The molecule has 0 radical (unpaired) electrons. The molecule has 0 aliphatic carbocycles. The summed E-state index contributed by atoms with van der Waals surface area (Å²) in [6.45, 7) is 0.735. The van der Waals surface area contributed by atoms with E-state index in [-0.39, 0.29) is 0 Å². The average molecular weight is 159 g/mol. The first-order chi connectivity index (χ1) is 4.93. The summed E-state index contributed by atoms with van der Waals surface area (Å²) in [6.07, 6.45) is 1.56. The zero-order chi connectivity index (χ0) is 7.23. The third-order valence-electron chi connectivity index (χ3n) is 0.912. The summed E-state index contributed by atoms with van der Waals surface area (Å²) in [4.78, 5) is 3.93. The van der Waals surface area contributed by atoms with Gasteiger partial charge in [-0.05, 0) is 0 Å². The molecule has 0 spiro atoms. The smallest absolute Gasteiger partial charge is 0.208 e. The molecule has 0 atom stereocenters. The maximum Gasteiger partial charge on any atom is 0.208 e. The zero-order valence-corrected chi connectivity index (χ0v) is 6.52. The number of methoxy groups -OCH3 is 1. The molecule has 1 rings (SSSR count). The van der Waals surface area contributed by atoms with Crippen LogP contribution in [0.25, 0.3) is 0 Å². The molecule has 0 saturated carbocycles. The van der Waals surface area contributed by atoms with Crippen molar-refractivity contribution in [1.82, 2.24) is 15.2 Å². The Labute approximate surface area is 63.4 Å². The van der Waals surface area contributed by atoms with Gasteiger partial charge < -0.3 is 4.74 Å². The molecule has 1 heterocycles. The first-order valence-electron chi connectivity index (χ1n) is 2.91. The zero-order valence-electron chi connectivity index (χ0n) is 5.70. The van der Waals surface area contributed by atoms with Gasteiger partial charge in [0.2, 0.25) is 5.16 Å². The molecule has 0 amide bonds. The largest absolute Gasteiger partial charge is 0.384 e. The van der Waals surface area contributed by atoms with Crippen LogP contribution < -0.4 is 0 Å². The maximum atomic E-state index is 4.85. The summed E-state index contributed by atoms with van der Waals surface area (Å²) < 4.78 is 4.85. The van der Waals surface area contributed by atoms with Gasteiger partial charge >= 0.3 is 0 Å². The summed E-state index contributed by atoms with van der Waals surface area (Å²) >= 11 is 1.57. The Bertz CT molecular complexity index is 165. The fraction of sp³-hybridized carbons (Fsp3) is 0.600. The second-order valence-corrected chi connectivity index (χ2v) is 2.69. The highest BCUT2D eigenvalue weighted by Crippen LogP contribution is 2.08. The molecular weight excluding hydrogens is 150 g/mol. The van der Waals surface area contributed by atoms with Crippen LogP contribution in [0.4, 0.5) is 0 Å². The van der Waals surface area contributed by atoms with E-state index in [9.17, 15) is 0 Å². The highest BCUT2D eigenvalue weighted by atomic mass is 32.2. The van der Waals surface area contributed by atoms with Crippen molar-refractivity contribution in [3.05, 3.63) is 6.33 Å². The lowest BCUT2D eigenvalue weighted by molar-refractivity contribution is 0.218. The molecule has 1 aromatic rings. The van der Waals surface area contributed by atoms with Crippen molar-refractivity contribution in [2.24, 2.45) is 0 Å². The van der Waals surface area contributed by atoms with E-state index in [4.69, 9.17) is 4.74 Å². The summed E-state index contributed by atoms with van der Waals surface area (Å²) in [6, 6.07) is 0. The summed E-state index contributed by atoms with van der Waals surface area (Å²) in [5, 5.41) is 7.27. The van der Waals surface area contributed by atoms with Crippen molar-refractivity contribution < 1.29 is 4.74 Å². The van der Waals surface area contributed by atoms with Crippen molar-refractivity contribution in [2.45, 2.75) is 5.16 Å². The second-order valence-electron chi connectivity index (χ2n) is 1.62. The minimum Gasteiger partial charge on any atom is -0.384 e. The van der Waals surface area contributed by atoms with Crippen LogP contribution in [0.15, 0.2) is 11.5 Å². The van der Waals surface area contributed by atoms with Gasteiger partial charge in [0.15, 0.2) is 0 Å². The Morgan fingerprint density at radius 3 is 3.30 bits per heavy atom. The summed E-state index contributed by atoms with van der Waals surface area (Å²) in [5.74, 6) is 0.897. The molecule has 10 heavy (non-hydrogen) atoms. The minimum atomic E-state index is 0.735. The fourth-order valence-electron chi connectivity index (χ4n) is 0.483. The van der Waals surface area contributed by atoms with E-state index in [1.54, 1.807) is 25.2 Å². The molecule has 0 bridgehead atoms.